The molecule has 1 amide bonds. The van der Waals surface area contributed by atoms with E-state index in [1.807, 2.05) is 19.1 Å². The number of carbonyl (C=O) groups excluding carboxylic acids is 1. The van der Waals surface area contributed by atoms with E-state index in [9.17, 15) is 4.79 Å². The van der Waals surface area contributed by atoms with Gasteiger partial charge in [-0.25, -0.2) is 0 Å². The lowest BCUT2D eigenvalue weighted by Gasteiger charge is -2.26. The molecular weight excluding hydrogens is 200 g/mol. The van der Waals surface area contributed by atoms with Crippen LogP contribution < -0.4 is 11.1 Å². The monoisotopic (exact) mass is 218 g/mol. The SMILES string of the molecule is Cc1cc(C(N)=O)ccc1CNC1CCC1. The van der Waals surface area contributed by atoms with Crippen LogP contribution in [-0.4, -0.2) is 11.9 Å². The highest BCUT2D eigenvalue weighted by molar-refractivity contribution is 5.93. The summed E-state index contributed by atoms with van der Waals surface area (Å²) in [6.07, 6.45) is 3.92. The van der Waals surface area contributed by atoms with Gasteiger partial charge in [0.25, 0.3) is 0 Å². The van der Waals surface area contributed by atoms with Gasteiger partial charge in [-0.1, -0.05) is 12.5 Å². The maximum Gasteiger partial charge on any atom is 0.248 e. The van der Waals surface area contributed by atoms with E-state index >= 15 is 0 Å². The fourth-order valence-corrected chi connectivity index (χ4v) is 1.91. The van der Waals surface area contributed by atoms with E-state index in [0.29, 0.717) is 11.6 Å². The van der Waals surface area contributed by atoms with Crippen molar-refractivity contribution >= 4 is 5.91 Å². The highest BCUT2D eigenvalue weighted by Gasteiger charge is 2.16. The van der Waals surface area contributed by atoms with E-state index in [4.69, 9.17) is 5.73 Å². The lowest BCUT2D eigenvalue weighted by atomic mass is 9.93. The summed E-state index contributed by atoms with van der Waals surface area (Å²) in [7, 11) is 0. The van der Waals surface area contributed by atoms with Crippen molar-refractivity contribution in [2.24, 2.45) is 5.73 Å². The first-order valence-electron chi connectivity index (χ1n) is 5.79. The Morgan fingerprint density at radius 2 is 2.25 bits per heavy atom. The highest BCUT2D eigenvalue weighted by atomic mass is 16.1. The quantitative estimate of drug-likeness (QED) is 0.808. The molecule has 1 aliphatic rings. The van der Waals surface area contributed by atoms with Crippen molar-refractivity contribution in [3.05, 3.63) is 34.9 Å². The smallest absolute Gasteiger partial charge is 0.248 e. The average Bonchev–Trinajstić information content (AvgIpc) is 2.17. The number of benzene rings is 1. The van der Waals surface area contributed by atoms with Gasteiger partial charge < -0.3 is 11.1 Å². The van der Waals surface area contributed by atoms with Crippen molar-refractivity contribution in [3.8, 4) is 0 Å². The second-order valence-corrected chi connectivity index (χ2v) is 4.51. The van der Waals surface area contributed by atoms with Crippen LogP contribution in [0.3, 0.4) is 0 Å². The Balaban J connectivity index is 2.00. The van der Waals surface area contributed by atoms with E-state index in [0.717, 1.165) is 12.1 Å². The summed E-state index contributed by atoms with van der Waals surface area (Å²) in [4.78, 5) is 11.0. The molecule has 1 aromatic carbocycles. The lowest BCUT2D eigenvalue weighted by molar-refractivity contribution is 0.1000. The van der Waals surface area contributed by atoms with Gasteiger partial charge in [0.15, 0.2) is 0 Å². The molecule has 0 atom stereocenters. The topological polar surface area (TPSA) is 55.1 Å². The number of rotatable bonds is 4. The molecular formula is C13H18N2O. The molecule has 0 aromatic heterocycles. The molecule has 0 bridgehead atoms. The van der Waals surface area contributed by atoms with E-state index < -0.39 is 0 Å². The Kier molecular flexibility index (Phi) is 3.25. The van der Waals surface area contributed by atoms with Gasteiger partial charge in [-0.15, -0.1) is 0 Å². The molecule has 0 saturated heterocycles. The molecule has 16 heavy (non-hydrogen) atoms. The van der Waals surface area contributed by atoms with Gasteiger partial charge in [0.1, 0.15) is 0 Å². The molecule has 2 rings (SSSR count). The Bertz CT molecular complexity index is 397. The maximum absolute atomic E-state index is 11.0. The zero-order valence-corrected chi connectivity index (χ0v) is 9.62. The van der Waals surface area contributed by atoms with Crippen molar-refractivity contribution in [3.63, 3.8) is 0 Å². The fourth-order valence-electron chi connectivity index (χ4n) is 1.91. The number of nitrogens with one attached hydrogen (secondary N) is 1. The van der Waals surface area contributed by atoms with E-state index in [2.05, 4.69) is 5.32 Å². The molecule has 0 heterocycles. The van der Waals surface area contributed by atoms with Gasteiger partial charge in [0.2, 0.25) is 5.91 Å². The zero-order valence-electron chi connectivity index (χ0n) is 9.62. The van der Waals surface area contributed by atoms with Crippen LogP contribution in [-0.2, 0) is 6.54 Å². The molecule has 1 aliphatic carbocycles. The molecule has 1 fully saturated rings. The van der Waals surface area contributed by atoms with Crippen LogP contribution >= 0.6 is 0 Å². The van der Waals surface area contributed by atoms with Crippen LogP contribution in [0.5, 0.6) is 0 Å². The van der Waals surface area contributed by atoms with E-state index in [1.54, 1.807) is 6.07 Å². The molecule has 86 valence electrons. The van der Waals surface area contributed by atoms with Gasteiger partial charge in [-0.3, -0.25) is 4.79 Å². The van der Waals surface area contributed by atoms with E-state index in [-0.39, 0.29) is 5.91 Å². The predicted octanol–water partition coefficient (Wildman–Crippen LogP) is 1.74. The summed E-state index contributed by atoms with van der Waals surface area (Å²) in [5.74, 6) is -0.360. The number of aryl methyl sites for hydroxylation is 1. The van der Waals surface area contributed by atoms with E-state index in [1.165, 1.54) is 24.8 Å². The summed E-state index contributed by atoms with van der Waals surface area (Å²) >= 11 is 0. The van der Waals surface area contributed by atoms with Gasteiger partial charge in [-0.2, -0.15) is 0 Å². The van der Waals surface area contributed by atoms with Crippen molar-refractivity contribution in [1.29, 1.82) is 0 Å². The average molecular weight is 218 g/mol. The summed E-state index contributed by atoms with van der Waals surface area (Å²) < 4.78 is 0. The minimum atomic E-state index is -0.360. The molecule has 0 spiro atoms. The number of hydrogen-bond acceptors (Lipinski definition) is 2. The molecule has 1 aromatic rings. The summed E-state index contributed by atoms with van der Waals surface area (Å²) in [6.45, 7) is 2.90. The molecule has 0 radical (unpaired) electrons. The minimum absolute atomic E-state index is 0.360. The minimum Gasteiger partial charge on any atom is -0.366 e. The third kappa shape index (κ3) is 2.42. The normalized spacial score (nSPS) is 15.8. The molecule has 0 unspecified atom stereocenters. The van der Waals surface area contributed by atoms with Gasteiger partial charge in [0, 0.05) is 18.2 Å². The third-order valence-electron chi connectivity index (χ3n) is 3.31. The number of nitrogens with two attached hydrogens (primary N) is 1. The standard InChI is InChI=1S/C13H18N2O/c1-9-7-10(13(14)16)5-6-11(9)8-15-12-3-2-4-12/h5-7,12,15H,2-4,8H2,1H3,(H2,14,16). The predicted molar refractivity (Wildman–Crippen MR) is 64.2 cm³/mol. The molecule has 3 N–H and O–H groups in total. The second-order valence-electron chi connectivity index (χ2n) is 4.51. The van der Waals surface area contributed by atoms with Crippen LogP contribution in [0.2, 0.25) is 0 Å². The summed E-state index contributed by atoms with van der Waals surface area (Å²) in [6, 6.07) is 6.34. The Labute approximate surface area is 96.0 Å². The Morgan fingerprint density at radius 1 is 1.50 bits per heavy atom. The summed E-state index contributed by atoms with van der Waals surface area (Å²) in [5.41, 5.74) is 8.19. The number of hydrogen-bond donors (Lipinski definition) is 2. The molecule has 3 nitrogen and oxygen atoms in total. The fraction of sp³-hybridized carbons (Fsp3) is 0.462. The van der Waals surface area contributed by atoms with Crippen LogP contribution in [0.15, 0.2) is 18.2 Å². The zero-order chi connectivity index (χ0) is 11.5. The largest absolute Gasteiger partial charge is 0.366 e. The first kappa shape index (κ1) is 11.1. The number of carbonyl (C=O) groups is 1. The first-order chi connectivity index (χ1) is 7.66. The van der Waals surface area contributed by atoms with Crippen molar-refractivity contribution in [2.75, 3.05) is 0 Å². The third-order valence-corrected chi connectivity index (χ3v) is 3.31. The first-order valence-corrected chi connectivity index (χ1v) is 5.79. The van der Waals surface area contributed by atoms with Gasteiger partial charge in [-0.05, 0) is 43.0 Å². The number of primary amides is 1. The van der Waals surface area contributed by atoms with Gasteiger partial charge >= 0.3 is 0 Å². The van der Waals surface area contributed by atoms with Crippen molar-refractivity contribution < 1.29 is 4.79 Å². The Morgan fingerprint density at radius 3 is 2.75 bits per heavy atom. The second kappa shape index (κ2) is 4.66. The molecule has 0 aliphatic heterocycles. The lowest BCUT2D eigenvalue weighted by Crippen LogP contribution is -2.34. The van der Waals surface area contributed by atoms with Crippen molar-refractivity contribution in [2.45, 2.75) is 38.8 Å². The van der Waals surface area contributed by atoms with Crippen LogP contribution in [0, 0.1) is 6.92 Å². The molecule has 3 heteroatoms. The van der Waals surface area contributed by atoms with Crippen LogP contribution in [0.25, 0.3) is 0 Å². The van der Waals surface area contributed by atoms with Crippen LogP contribution in [0.4, 0.5) is 0 Å². The maximum atomic E-state index is 11.0. The van der Waals surface area contributed by atoms with Crippen LogP contribution in [0.1, 0.15) is 40.7 Å². The van der Waals surface area contributed by atoms with Crippen molar-refractivity contribution in [1.82, 2.24) is 5.32 Å². The molecule has 1 saturated carbocycles. The number of amides is 1. The van der Waals surface area contributed by atoms with Gasteiger partial charge in [0.05, 0.1) is 0 Å². The highest BCUT2D eigenvalue weighted by Crippen LogP contribution is 2.19. The summed E-state index contributed by atoms with van der Waals surface area (Å²) in [5, 5.41) is 3.51. The Hall–Kier alpha value is -1.35.